The van der Waals surface area contributed by atoms with Crippen LogP contribution in [-0.2, 0) is 28.6 Å². The van der Waals surface area contributed by atoms with Gasteiger partial charge in [-0.3, -0.25) is 14.4 Å². The number of esters is 3. The third-order valence-corrected chi connectivity index (χ3v) is 8.68. The maximum atomic E-state index is 12.7. The van der Waals surface area contributed by atoms with Crippen LogP contribution in [-0.4, -0.2) is 37.2 Å². The van der Waals surface area contributed by atoms with Gasteiger partial charge in [0.15, 0.2) is 6.10 Å². The quantitative estimate of drug-likeness (QED) is 0.0206. The summed E-state index contributed by atoms with van der Waals surface area (Å²) < 4.78 is 16.6. The standard InChI is InChI=1S/C49H78O6/c1-4-7-10-13-16-19-21-23-24-26-27-30-33-36-39-42-48(51)54-45-46(44-53-47(50)41-38-35-32-29-18-15-12-9-6-3)55-49(52)43-40-37-34-31-28-25-22-20-17-14-11-8-5-2/h8-9,11-12,14,16-23,25,28-29,46H,4-7,10,13,15,24,26-27,30-45H2,1-3H3/b11-8-,12-9-,17-14-,19-16-,22-20-,23-21-,28-25-,29-18-. The summed E-state index contributed by atoms with van der Waals surface area (Å²) in [5, 5.41) is 0. The topological polar surface area (TPSA) is 78.9 Å². The van der Waals surface area contributed by atoms with Gasteiger partial charge in [0, 0.05) is 19.3 Å². The minimum atomic E-state index is -0.814. The zero-order valence-electron chi connectivity index (χ0n) is 35.1. The van der Waals surface area contributed by atoms with E-state index in [1.165, 1.54) is 38.5 Å². The largest absolute Gasteiger partial charge is 0.462 e. The molecule has 310 valence electrons. The van der Waals surface area contributed by atoms with E-state index in [1.54, 1.807) is 0 Å². The first kappa shape index (κ1) is 51.3. The van der Waals surface area contributed by atoms with Crippen molar-refractivity contribution in [3.63, 3.8) is 0 Å². The molecule has 0 bridgehead atoms. The Balaban J connectivity index is 4.50. The van der Waals surface area contributed by atoms with Crippen molar-refractivity contribution in [1.82, 2.24) is 0 Å². The van der Waals surface area contributed by atoms with Gasteiger partial charge in [0.2, 0.25) is 0 Å². The zero-order chi connectivity index (χ0) is 40.1. The van der Waals surface area contributed by atoms with Crippen LogP contribution in [0.1, 0.15) is 175 Å². The fraction of sp³-hybridized carbons (Fsp3) is 0.612. The molecule has 1 atom stereocenters. The molecule has 0 aliphatic heterocycles. The Morgan fingerprint density at radius 3 is 1.38 bits per heavy atom. The average Bonchev–Trinajstić information content (AvgIpc) is 3.18. The van der Waals surface area contributed by atoms with Gasteiger partial charge in [-0.05, 0) is 89.9 Å². The van der Waals surface area contributed by atoms with E-state index < -0.39 is 6.10 Å². The van der Waals surface area contributed by atoms with Gasteiger partial charge < -0.3 is 14.2 Å². The van der Waals surface area contributed by atoms with Crippen molar-refractivity contribution in [2.45, 2.75) is 181 Å². The summed E-state index contributed by atoms with van der Waals surface area (Å²) in [6.45, 7) is 6.23. The number of carbonyl (C=O) groups excluding carboxylic acids is 3. The van der Waals surface area contributed by atoms with E-state index in [0.717, 1.165) is 89.9 Å². The van der Waals surface area contributed by atoms with E-state index in [-0.39, 0.29) is 37.5 Å². The van der Waals surface area contributed by atoms with Crippen LogP contribution < -0.4 is 0 Å². The monoisotopic (exact) mass is 763 g/mol. The Morgan fingerprint density at radius 2 is 0.800 bits per heavy atom. The second kappa shape index (κ2) is 43.1. The Labute approximate surface area is 337 Å². The summed E-state index contributed by atoms with van der Waals surface area (Å²) in [6, 6.07) is 0. The van der Waals surface area contributed by atoms with Gasteiger partial charge in [-0.25, -0.2) is 0 Å². The molecule has 0 N–H and O–H groups in total. The summed E-state index contributed by atoms with van der Waals surface area (Å²) in [5.74, 6) is -1.01. The SMILES string of the molecule is CC\C=C/C=C\C=C/C=C\CCCCCC(=O)OC(COC(=O)CCCC/C=C\C/C=C\CC)COC(=O)CCCCCCCC/C=C\C=C/CCCCC. The highest BCUT2D eigenvalue weighted by Crippen LogP contribution is 2.12. The molecule has 0 amide bonds. The van der Waals surface area contributed by atoms with E-state index >= 15 is 0 Å². The van der Waals surface area contributed by atoms with Crippen molar-refractivity contribution in [3.05, 3.63) is 97.2 Å². The van der Waals surface area contributed by atoms with Gasteiger partial charge in [0.25, 0.3) is 0 Å². The van der Waals surface area contributed by atoms with Gasteiger partial charge in [-0.15, -0.1) is 0 Å². The normalized spacial score (nSPS) is 13.0. The van der Waals surface area contributed by atoms with E-state index in [1.807, 2.05) is 36.5 Å². The molecule has 0 aliphatic carbocycles. The number of unbranched alkanes of at least 4 members (excludes halogenated alkanes) is 14. The Hall–Kier alpha value is -3.67. The fourth-order valence-corrected chi connectivity index (χ4v) is 5.42. The predicted molar refractivity (Wildman–Crippen MR) is 233 cm³/mol. The molecule has 0 fully saturated rings. The maximum Gasteiger partial charge on any atom is 0.306 e. The summed E-state index contributed by atoms with van der Waals surface area (Å²) in [4.78, 5) is 37.6. The fourth-order valence-electron chi connectivity index (χ4n) is 5.42. The summed E-state index contributed by atoms with van der Waals surface area (Å²) in [7, 11) is 0. The van der Waals surface area contributed by atoms with Gasteiger partial charge in [-0.1, -0.05) is 163 Å². The minimum absolute atomic E-state index is 0.112. The summed E-state index contributed by atoms with van der Waals surface area (Å²) >= 11 is 0. The van der Waals surface area contributed by atoms with Crippen molar-refractivity contribution in [2.24, 2.45) is 0 Å². The summed E-state index contributed by atoms with van der Waals surface area (Å²) in [6.07, 6.45) is 55.4. The van der Waals surface area contributed by atoms with Crippen LogP contribution in [0.4, 0.5) is 0 Å². The molecular weight excluding hydrogens is 685 g/mol. The van der Waals surface area contributed by atoms with Crippen molar-refractivity contribution in [2.75, 3.05) is 13.2 Å². The van der Waals surface area contributed by atoms with Gasteiger partial charge >= 0.3 is 17.9 Å². The van der Waals surface area contributed by atoms with Crippen LogP contribution in [0.15, 0.2) is 97.2 Å². The maximum absolute atomic E-state index is 12.7. The van der Waals surface area contributed by atoms with E-state index in [9.17, 15) is 14.4 Å². The molecule has 0 saturated heterocycles. The zero-order valence-corrected chi connectivity index (χ0v) is 35.1. The molecule has 0 radical (unpaired) electrons. The lowest BCUT2D eigenvalue weighted by Gasteiger charge is -2.18. The van der Waals surface area contributed by atoms with Gasteiger partial charge in [0.1, 0.15) is 13.2 Å². The van der Waals surface area contributed by atoms with E-state index in [4.69, 9.17) is 14.2 Å². The first-order chi connectivity index (χ1) is 27.0. The third-order valence-electron chi connectivity index (χ3n) is 8.68. The lowest BCUT2D eigenvalue weighted by Crippen LogP contribution is -2.30. The Bertz CT molecular complexity index is 1150. The van der Waals surface area contributed by atoms with Crippen molar-refractivity contribution < 1.29 is 28.6 Å². The number of carbonyl (C=O) groups is 3. The molecule has 0 aromatic heterocycles. The molecule has 0 rings (SSSR count). The molecule has 55 heavy (non-hydrogen) atoms. The van der Waals surface area contributed by atoms with Crippen molar-refractivity contribution in [1.29, 1.82) is 0 Å². The molecule has 0 spiro atoms. The highest BCUT2D eigenvalue weighted by molar-refractivity contribution is 5.71. The molecule has 0 aromatic rings. The van der Waals surface area contributed by atoms with Crippen molar-refractivity contribution in [3.8, 4) is 0 Å². The van der Waals surface area contributed by atoms with E-state index in [0.29, 0.717) is 19.3 Å². The molecule has 6 heteroatoms. The average molecular weight is 763 g/mol. The second-order valence-corrected chi connectivity index (χ2v) is 14.0. The second-order valence-electron chi connectivity index (χ2n) is 14.0. The molecular formula is C49H78O6. The lowest BCUT2D eigenvalue weighted by molar-refractivity contribution is -0.167. The van der Waals surface area contributed by atoms with Gasteiger partial charge in [0.05, 0.1) is 0 Å². The predicted octanol–water partition coefficient (Wildman–Crippen LogP) is 13.9. The first-order valence-corrected chi connectivity index (χ1v) is 21.8. The van der Waals surface area contributed by atoms with Crippen LogP contribution in [0.3, 0.4) is 0 Å². The van der Waals surface area contributed by atoms with E-state index in [2.05, 4.69) is 81.5 Å². The van der Waals surface area contributed by atoms with Crippen LogP contribution in [0.2, 0.25) is 0 Å². The van der Waals surface area contributed by atoms with Crippen LogP contribution in [0, 0.1) is 0 Å². The smallest absolute Gasteiger partial charge is 0.306 e. The number of ether oxygens (including phenoxy) is 3. The Morgan fingerprint density at radius 1 is 0.400 bits per heavy atom. The van der Waals surface area contributed by atoms with Crippen molar-refractivity contribution >= 4 is 17.9 Å². The molecule has 0 aromatic carbocycles. The highest BCUT2D eigenvalue weighted by Gasteiger charge is 2.19. The summed E-state index contributed by atoms with van der Waals surface area (Å²) in [5.41, 5.74) is 0. The molecule has 0 aliphatic rings. The molecule has 6 nitrogen and oxygen atoms in total. The van der Waals surface area contributed by atoms with Crippen LogP contribution >= 0.6 is 0 Å². The lowest BCUT2D eigenvalue weighted by atomic mass is 10.1. The number of hydrogen-bond donors (Lipinski definition) is 0. The van der Waals surface area contributed by atoms with Crippen LogP contribution in [0.25, 0.3) is 0 Å². The molecule has 0 heterocycles. The molecule has 0 saturated carbocycles. The highest BCUT2D eigenvalue weighted by atomic mass is 16.6. The van der Waals surface area contributed by atoms with Crippen LogP contribution in [0.5, 0.6) is 0 Å². The number of hydrogen-bond acceptors (Lipinski definition) is 6. The number of allylic oxidation sites excluding steroid dienone is 16. The Kier molecular flexibility index (Phi) is 40.2. The number of rotatable bonds is 37. The third kappa shape index (κ3) is 41.3. The van der Waals surface area contributed by atoms with Gasteiger partial charge in [-0.2, -0.15) is 0 Å². The molecule has 1 unspecified atom stereocenters. The first-order valence-electron chi connectivity index (χ1n) is 21.8. The minimum Gasteiger partial charge on any atom is -0.462 e.